The van der Waals surface area contributed by atoms with Crippen LogP contribution in [0.5, 0.6) is 0 Å². The Hall–Kier alpha value is -1.59. The molecule has 21 heavy (non-hydrogen) atoms. The van der Waals surface area contributed by atoms with Crippen molar-refractivity contribution in [3.05, 3.63) is 35.4 Å². The molecule has 1 aliphatic heterocycles. The Bertz CT molecular complexity index is 521. The summed E-state index contributed by atoms with van der Waals surface area (Å²) in [7, 11) is 1.58. The van der Waals surface area contributed by atoms with E-state index in [0.717, 1.165) is 6.54 Å². The van der Waals surface area contributed by atoms with Gasteiger partial charge in [-0.2, -0.15) is 0 Å². The zero-order chi connectivity index (χ0) is 14.7. The second-order valence-electron chi connectivity index (χ2n) is 5.14. The van der Waals surface area contributed by atoms with Gasteiger partial charge in [-0.15, -0.1) is 12.4 Å². The van der Waals surface area contributed by atoms with Gasteiger partial charge < -0.3 is 15.5 Å². The molecule has 2 atom stereocenters. The number of piperazine rings is 1. The number of nitrogens with one attached hydrogen (secondary N) is 2. The topological polar surface area (TPSA) is 61.4 Å². The van der Waals surface area contributed by atoms with Crippen LogP contribution in [0, 0.1) is 0 Å². The molecule has 2 amide bonds. The molecule has 0 bridgehead atoms. The van der Waals surface area contributed by atoms with E-state index in [1.165, 1.54) is 0 Å². The number of carbonyl (C=O) groups excluding carboxylic acids is 2. The molecule has 0 aromatic heterocycles. The predicted octanol–water partition coefficient (Wildman–Crippen LogP) is 1.29. The number of hydrogen-bond acceptors (Lipinski definition) is 3. The highest BCUT2D eigenvalue weighted by atomic mass is 35.5. The maximum absolute atomic E-state index is 12.6. The summed E-state index contributed by atoms with van der Waals surface area (Å²) in [4.78, 5) is 26.1. The molecule has 6 heteroatoms. The van der Waals surface area contributed by atoms with Gasteiger partial charge in [0, 0.05) is 43.3 Å². The average Bonchev–Trinajstić information content (AvgIpc) is 2.48. The number of benzene rings is 1. The monoisotopic (exact) mass is 311 g/mol. The van der Waals surface area contributed by atoms with Gasteiger partial charge in [-0.3, -0.25) is 9.59 Å². The fourth-order valence-corrected chi connectivity index (χ4v) is 2.45. The van der Waals surface area contributed by atoms with Crippen LogP contribution in [0.1, 0.15) is 34.6 Å². The van der Waals surface area contributed by atoms with E-state index >= 15 is 0 Å². The van der Waals surface area contributed by atoms with Crippen LogP contribution in [0.2, 0.25) is 0 Å². The smallest absolute Gasteiger partial charge is 0.254 e. The highest BCUT2D eigenvalue weighted by Gasteiger charge is 2.28. The van der Waals surface area contributed by atoms with Crippen molar-refractivity contribution in [1.82, 2.24) is 15.5 Å². The fraction of sp³-hybridized carbons (Fsp3) is 0.467. The fourth-order valence-electron chi connectivity index (χ4n) is 2.45. The summed E-state index contributed by atoms with van der Waals surface area (Å²) in [6.45, 7) is 5.60. The average molecular weight is 312 g/mol. The van der Waals surface area contributed by atoms with Crippen molar-refractivity contribution in [3.8, 4) is 0 Å². The first-order chi connectivity index (χ1) is 9.54. The second kappa shape index (κ2) is 7.43. The number of nitrogens with zero attached hydrogens (tertiary/aromatic N) is 1. The van der Waals surface area contributed by atoms with Crippen molar-refractivity contribution in [2.24, 2.45) is 0 Å². The molecular formula is C15H22ClN3O2. The lowest BCUT2D eigenvalue weighted by Crippen LogP contribution is -2.57. The van der Waals surface area contributed by atoms with Crippen LogP contribution in [0.15, 0.2) is 24.3 Å². The second-order valence-corrected chi connectivity index (χ2v) is 5.14. The normalized spacial score (nSPS) is 21.4. The summed E-state index contributed by atoms with van der Waals surface area (Å²) in [6, 6.07) is 7.28. The van der Waals surface area contributed by atoms with Crippen molar-refractivity contribution < 1.29 is 9.59 Å². The first-order valence-corrected chi connectivity index (χ1v) is 6.91. The molecule has 0 spiro atoms. The van der Waals surface area contributed by atoms with Crippen LogP contribution in [0.3, 0.4) is 0 Å². The molecule has 0 radical (unpaired) electrons. The third-order valence-electron chi connectivity index (χ3n) is 3.89. The Kier molecular flexibility index (Phi) is 6.18. The molecule has 116 valence electrons. The summed E-state index contributed by atoms with van der Waals surface area (Å²) in [5, 5.41) is 5.92. The quantitative estimate of drug-likeness (QED) is 0.865. The van der Waals surface area contributed by atoms with Crippen molar-refractivity contribution >= 4 is 24.2 Å². The lowest BCUT2D eigenvalue weighted by atomic mass is 10.0. The Morgan fingerprint density at radius 3 is 2.62 bits per heavy atom. The van der Waals surface area contributed by atoms with Crippen molar-refractivity contribution in [3.63, 3.8) is 0 Å². The van der Waals surface area contributed by atoms with Crippen LogP contribution < -0.4 is 10.6 Å². The SMILES string of the molecule is CNC(=O)c1cccc(C(=O)N2CCNC(C)C2C)c1.Cl. The molecule has 1 heterocycles. The van der Waals surface area contributed by atoms with E-state index in [2.05, 4.69) is 17.6 Å². The highest BCUT2D eigenvalue weighted by molar-refractivity contribution is 5.99. The Balaban J connectivity index is 0.00000220. The summed E-state index contributed by atoms with van der Waals surface area (Å²) < 4.78 is 0. The van der Waals surface area contributed by atoms with Gasteiger partial charge in [-0.25, -0.2) is 0 Å². The molecule has 5 nitrogen and oxygen atoms in total. The summed E-state index contributed by atoms with van der Waals surface area (Å²) >= 11 is 0. The predicted molar refractivity (Wildman–Crippen MR) is 85.0 cm³/mol. The summed E-state index contributed by atoms with van der Waals surface area (Å²) in [5.74, 6) is -0.196. The lowest BCUT2D eigenvalue weighted by Gasteiger charge is -2.38. The van der Waals surface area contributed by atoms with Gasteiger partial charge in [-0.05, 0) is 32.0 Å². The molecule has 0 aliphatic carbocycles. The van der Waals surface area contributed by atoms with Crippen LogP contribution in [-0.2, 0) is 0 Å². The molecule has 2 unspecified atom stereocenters. The van der Waals surface area contributed by atoms with E-state index in [0.29, 0.717) is 17.7 Å². The number of rotatable bonds is 2. The van der Waals surface area contributed by atoms with E-state index in [4.69, 9.17) is 0 Å². The maximum Gasteiger partial charge on any atom is 0.254 e. The maximum atomic E-state index is 12.6. The van der Waals surface area contributed by atoms with Gasteiger partial charge >= 0.3 is 0 Å². The largest absolute Gasteiger partial charge is 0.355 e. The minimum absolute atomic E-state index is 0. The van der Waals surface area contributed by atoms with Crippen LogP contribution in [-0.4, -0.2) is 48.9 Å². The van der Waals surface area contributed by atoms with E-state index in [1.54, 1.807) is 31.3 Å². The third-order valence-corrected chi connectivity index (χ3v) is 3.89. The van der Waals surface area contributed by atoms with Crippen molar-refractivity contribution in [2.75, 3.05) is 20.1 Å². The van der Waals surface area contributed by atoms with Gasteiger partial charge in [0.15, 0.2) is 0 Å². The number of amides is 2. The minimum atomic E-state index is -0.179. The van der Waals surface area contributed by atoms with E-state index in [-0.39, 0.29) is 36.3 Å². The van der Waals surface area contributed by atoms with Crippen molar-refractivity contribution in [2.45, 2.75) is 25.9 Å². The number of hydrogen-bond donors (Lipinski definition) is 2. The van der Waals surface area contributed by atoms with Gasteiger partial charge in [0.05, 0.1) is 0 Å². The van der Waals surface area contributed by atoms with E-state index < -0.39 is 0 Å². The first kappa shape index (κ1) is 17.5. The molecule has 1 saturated heterocycles. The molecule has 2 rings (SSSR count). The zero-order valence-corrected chi connectivity index (χ0v) is 13.4. The Labute approximate surface area is 131 Å². The summed E-state index contributed by atoms with van der Waals surface area (Å²) in [5.41, 5.74) is 1.07. The summed E-state index contributed by atoms with van der Waals surface area (Å²) in [6.07, 6.45) is 0. The Morgan fingerprint density at radius 1 is 1.29 bits per heavy atom. The molecule has 1 aromatic carbocycles. The highest BCUT2D eigenvalue weighted by Crippen LogP contribution is 2.15. The molecular weight excluding hydrogens is 290 g/mol. The van der Waals surface area contributed by atoms with Gasteiger partial charge in [0.1, 0.15) is 0 Å². The van der Waals surface area contributed by atoms with Crippen molar-refractivity contribution in [1.29, 1.82) is 0 Å². The zero-order valence-electron chi connectivity index (χ0n) is 12.6. The molecule has 1 aliphatic rings. The molecule has 1 aromatic rings. The Morgan fingerprint density at radius 2 is 1.95 bits per heavy atom. The van der Waals surface area contributed by atoms with E-state index in [1.807, 2.05) is 11.8 Å². The van der Waals surface area contributed by atoms with Crippen LogP contribution >= 0.6 is 12.4 Å². The van der Waals surface area contributed by atoms with E-state index in [9.17, 15) is 9.59 Å². The van der Waals surface area contributed by atoms with Gasteiger partial charge in [0.25, 0.3) is 11.8 Å². The molecule has 2 N–H and O–H groups in total. The minimum Gasteiger partial charge on any atom is -0.355 e. The van der Waals surface area contributed by atoms with Gasteiger partial charge in [0.2, 0.25) is 0 Å². The van der Waals surface area contributed by atoms with Gasteiger partial charge in [-0.1, -0.05) is 6.07 Å². The number of carbonyl (C=O) groups is 2. The third kappa shape index (κ3) is 3.74. The van der Waals surface area contributed by atoms with Crippen LogP contribution in [0.4, 0.5) is 0 Å². The number of halogens is 1. The molecule has 1 fully saturated rings. The molecule has 0 saturated carbocycles. The standard InChI is InChI=1S/C15H21N3O2.ClH/c1-10-11(2)18(8-7-17-10)15(20)13-6-4-5-12(9-13)14(19)16-3;/h4-6,9-11,17H,7-8H2,1-3H3,(H,16,19);1H. The first-order valence-electron chi connectivity index (χ1n) is 6.91. The lowest BCUT2D eigenvalue weighted by molar-refractivity contribution is 0.0603. The van der Waals surface area contributed by atoms with Crippen LogP contribution in [0.25, 0.3) is 0 Å².